The molecule has 15 heteroatoms. The highest BCUT2D eigenvalue weighted by atomic mass is 32.2. The summed E-state index contributed by atoms with van der Waals surface area (Å²) in [4.78, 5) is 28.4. The topological polar surface area (TPSA) is 101 Å². The largest absolute Gasteiger partial charge is 0.416 e. The lowest BCUT2D eigenvalue weighted by molar-refractivity contribution is -0.143. The Hall–Kier alpha value is -3.10. The Balaban J connectivity index is 1.89. The highest BCUT2D eigenvalue weighted by Gasteiger charge is 2.38. The third kappa shape index (κ3) is 5.29. The van der Waals surface area contributed by atoms with E-state index in [0.29, 0.717) is 12.1 Å². The molecule has 2 aromatic rings. The number of nitrogens with one attached hydrogen (secondary N) is 2. The summed E-state index contributed by atoms with van der Waals surface area (Å²) in [6.45, 7) is 4.68. The summed E-state index contributed by atoms with van der Waals surface area (Å²) in [7, 11) is 0. The van der Waals surface area contributed by atoms with E-state index in [0.717, 1.165) is 18.1 Å². The van der Waals surface area contributed by atoms with Crippen molar-refractivity contribution in [1.82, 2.24) is 25.5 Å². The SMILES string of the molecule is CC(NC(=O)c1cc(C(F)(F)F)cc(C(F)(F)F)c1)c1ncnn1C1=NNC(=O)C(C)(C)S1. The Morgan fingerprint density at radius 1 is 1.12 bits per heavy atom. The molecule has 178 valence electrons. The van der Waals surface area contributed by atoms with E-state index in [4.69, 9.17) is 0 Å². The second kappa shape index (κ2) is 8.35. The lowest BCUT2D eigenvalue weighted by Gasteiger charge is -2.27. The van der Waals surface area contributed by atoms with Crippen LogP contribution >= 0.6 is 11.8 Å². The average molecular weight is 494 g/mol. The summed E-state index contributed by atoms with van der Waals surface area (Å²) in [6.07, 6.45) is -9.05. The maximum Gasteiger partial charge on any atom is 0.416 e. The molecule has 8 nitrogen and oxygen atoms in total. The number of benzene rings is 1. The third-order valence-electron chi connectivity index (χ3n) is 4.49. The van der Waals surface area contributed by atoms with Gasteiger partial charge in [-0.15, -0.1) is 5.10 Å². The predicted octanol–water partition coefficient (Wildman–Crippen LogP) is 3.57. The van der Waals surface area contributed by atoms with Gasteiger partial charge in [-0.3, -0.25) is 9.59 Å². The second-order valence-corrected chi connectivity index (χ2v) is 9.06. The maximum atomic E-state index is 13.1. The van der Waals surface area contributed by atoms with Crippen molar-refractivity contribution in [2.24, 2.45) is 5.10 Å². The van der Waals surface area contributed by atoms with Crippen molar-refractivity contribution in [3.8, 4) is 0 Å². The molecule has 3 rings (SSSR count). The van der Waals surface area contributed by atoms with Gasteiger partial charge in [0.1, 0.15) is 6.33 Å². The zero-order valence-corrected chi connectivity index (χ0v) is 18.0. The van der Waals surface area contributed by atoms with Gasteiger partial charge in [-0.05, 0) is 39.0 Å². The molecule has 0 radical (unpaired) electrons. The van der Waals surface area contributed by atoms with Crippen molar-refractivity contribution >= 4 is 28.7 Å². The number of hydrogen-bond donors (Lipinski definition) is 2. The highest BCUT2D eigenvalue weighted by Crippen LogP contribution is 2.36. The zero-order valence-electron chi connectivity index (χ0n) is 17.2. The van der Waals surface area contributed by atoms with Crippen LogP contribution in [-0.4, -0.2) is 36.5 Å². The Kier molecular flexibility index (Phi) is 6.21. The number of carbonyl (C=O) groups excluding carboxylic acids is 2. The van der Waals surface area contributed by atoms with Crippen LogP contribution in [0.25, 0.3) is 0 Å². The van der Waals surface area contributed by atoms with Gasteiger partial charge >= 0.3 is 12.4 Å². The van der Waals surface area contributed by atoms with Gasteiger partial charge in [-0.25, -0.2) is 10.4 Å². The highest BCUT2D eigenvalue weighted by molar-refractivity contribution is 8.15. The summed E-state index contributed by atoms with van der Waals surface area (Å²) >= 11 is 1.05. The number of amides is 2. The van der Waals surface area contributed by atoms with E-state index in [1.807, 2.05) is 0 Å². The van der Waals surface area contributed by atoms with Crippen LogP contribution in [0.3, 0.4) is 0 Å². The minimum atomic E-state index is -5.09. The number of hydrazone groups is 1. The first-order chi connectivity index (χ1) is 15.1. The van der Waals surface area contributed by atoms with Gasteiger partial charge in [0, 0.05) is 5.56 Å². The smallest absolute Gasteiger partial charge is 0.342 e. The maximum absolute atomic E-state index is 13.1. The number of halogens is 6. The van der Waals surface area contributed by atoms with Crippen LogP contribution in [0.4, 0.5) is 26.3 Å². The number of carbonyl (C=O) groups is 2. The fourth-order valence-corrected chi connectivity index (χ4v) is 3.66. The van der Waals surface area contributed by atoms with Crippen molar-refractivity contribution in [3.63, 3.8) is 0 Å². The van der Waals surface area contributed by atoms with Crippen LogP contribution in [0.5, 0.6) is 0 Å². The van der Waals surface area contributed by atoms with Crippen molar-refractivity contribution in [2.75, 3.05) is 0 Å². The van der Waals surface area contributed by atoms with Gasteiger partial charge in [0.05, 0.1) is 21.9 Å². The fraction of sp³-hybridized carbons (Fsp3) is 0.389. The van der Waals surface area contributed by atoms with Crippen molar-refractivity contribution < 1.29 is 35.9 Å². The normalized spacial score (nSPS) is 17.2. The predicted molar refractivity (Wildman–Crippen MR) is 105 cm³/mol. The fourth-order valence-electron chi connectivity index (χ4n) is 2.74. The molecule has 1 aromatic heterocycles. The molecule has 33 heavy (non-hydrogen) atoms. The quantitative estimate of drug-likeness (QED) is 0.636. The molecule has 0 saturated heterocycles. The van der Waals surface area contributed by atoms with E-state index < -0.39 is 45.7 Å². The van der Waals surface area contributed by atoms with Crippen molar-refractivity contribution in [1.29, 1.82) is 0 Å². The van der Waals surface area contributed by atoms with Crippen LogP contribution in [0.15, 0.2) is 29.6 Å². The van der Waals surface area contributed by atoms with Gasteiger partial charge in [0.2, 0.25) is 5.17 Å². The molecule has 0 aliphatic carbocycles. The lowest BCUT2D eigenvalue weighted by Crippen LogP contribution is -2.44. The minimum Gasteiger partial charge on any atom is -0.342 e. The lowest BCUT2D eigenvalue weighted by atomic mass is 10.0. The molecule has 1 aliphatic rings. The van der Waals surface area contributed by atoms with E-state index in [1.54, 1.807) is 13.8 Å². The molecule has 0 spiro atoms. The summed E-state index contributed by atoms with van der Waals surface area (Å²) in [5.41, 5.74) is -1.72. The van der Waals surface area contributed by atoms with E-state index >= 15 is 0 Å². The Labute approximate surface area is 186 Å². The molecular formula is C18H16F6N6O2S. The Morgan fingerprint density at radius 2 is 1.70 bits per heavy atom. The Bertz CT molecular complexity index is 1090. The molecule has 2 amide bonds. The van der Waals surface area contributed by atoms with Crippen molar-refractivity contribution in [2.45, 2.75) is 43.9 Å². The van der Waals surface area contributed by atoms with Gasteiger partial charge in [-0.1, -0.05) is 11.8 Å². The van der Waals surface area contributed by atoms with Crippen LogP contribution in [0.1, 0.15) is 54.1 Å². The molecule has 1 aromatic carbocycles. The van der Waals surface area contributed by atoms with Gasteiger partial charge in [0.15, 0.2) is 5.82 Å². The van der Waals surface area contributed by atoms with Crippen molar-refractivity contribution in [3.05, 3.63) is 47.0 Å². The first kappa shape index (κ1) is 24.5. The van der Waals surface area contributed by atoms with Gasteiger partial charge < -0.3 is 5.32 Å². The average Bonchev–Trinajstić information content (AvgIpc) is 3.18. The second-order valence-electron chi connectivity index (χ2n) is 7.47. The first-order valence-corrected chi connectivity index (χ1v) is 9.99. The van der Waals surface area contributed by atoms with E-state index in [-0.39, 0.29) is 23.0 Å². The molecule has 0 saturated carbocycles. The summed E-state index contributed by atoms with van der Waals surface area (Å²) in [5.74, 6) is -1.45. The van der Waals surface area contributed by atoms with E-state index in [2.05, 4.69) is 25.9 Å². The number of hydrogen-bond acceptors (Lipinski definition) is 6. The molecule has 0 bridgehead atoms. The standard InChI is InChI=1S/C18H16F6N6O2S/c1-8(12-25-7-26-30(12)15-29-28-14(32)16(2,3)33-15)27-13(31)9-4-10(17(19,20)21)6-11(5-9)18(22,23)24/h4-8H,1-3H3,(H,27,31)(H,28,32). The molecule has 2 heterocycles. The van der Waals surface area contributed by atoms with E-state index in [1.165, 1.54) is 11.6 Å². The van der Waals surface area contributed by atoms with Gasteiger partial charge in [-0.2, -0.15) is 36.1 Å². The first-order valence-electron chi connectivity index (χ1n) is 9.17. The number of rotatable bonds is 3. The summed E-state index contributed by atoms with van der Waals surface area (Å²) in [6, 6.07) is -0.388. The number of alkyl halides is 6. The molecule has 0 fully saturated rings. The van der Waals surface area contributed by atoms with Crippen LogP contribution in [0, 0.1) is 0 Å². The van der Waals surface area contributed by atoms with Gasteiger partial charge in [0.25, 0.3) is 11.8 Å². The monoisotopic (exact) mass is 494 g/mol. The van der Waals surface area contributed by atoms with Crippen LogP contribution < -0.4 is 10.7 Å². The number of aromatic nitrogens is 3. The summed E-state index contributed by atoms with van der Waals surface area (Å²) < 4.78 is 78.7. The zero-order chi connectivity index (χ0) is 24.8. The minimum absolute atomic E-state index is 0.0642. The third-order valence-corrected chi connectivity index (χ3v) is 5.63. The molecular weight excluding hydrogens is 478 g/mol. The molecule has 1 atom stereocenters. The molecule has 1 aliphatic heterocycles. The van der Waals surface area contributed by atoms with Crippen LogP contribution in [0.2, 0.25) is 0 Å². The van der Waals surface area contributed by atoms with Crippen LogP contribution in [-0.2, 0) is 17.1 Å². The van der Waals surface area contributed by atoms with E-state index in [9.17, 15) is 35.9 Å². The number of nitrogens with zero attached hydrogens (tertiary/aromatic N) is 4. The molecule has 2 N–H and O–H groups in total. The Morgan fingerprint density at radius 3 is 2.21 bits per heavy atom. The summed E-state index contributed by atoms with van der Waals surface area (Å²) in [5, 5.41) is 10.4. The number of thioether (sulfide) groups is 1. The molecule has 1 unspecified atom stereocenters.